The molecule has 1 saturated carbocycles. The fourth-order valence-corrected chi connectivity index (χ4v) is 7.88. The van der Waals surface area contributed by atoms with Crippen LogP contribution in [-0.4, -0.2) is 47.1 Å². The molecule has 3 rings (SSSR count). The van der Waals surface area contributed by atoms with Gasteiger partial charge in [-0.05, 0) is 171 Å². The van der Waals surface area contributed by atoms with Crippen molar-refractivity contribution in [2.24, 2.45) is 45.3 Å². The van der Waals surface area contributed by atoms with Crippen LogP contribution in [0.3, 0.4) is 0 Å². The molecule has 0 radical (unpaired) electrons. The van der Waals surface area contributed by atoms with Crippen molar-refractivity contribution in [2.75, 3.05) is 26.2 Å². The van der Waals surface area contributed by atoms with E-state index in [1.807, 2.05) is 0 Å². The van der Waals surface area contributed by atoms with Crippen LogP contribution < -0.4 is 0 Å². The maximum Gasteiger partial charge on any atom is 0.0125 e. The molecule has 0 amide bonds. The van der Waals surface area contributed by atoms with Gasteiger partial charge in [-0.25, -0.2) is 0 Å². The van der Waals surface area contributed by atoms with Crippen LogP contribution in [0.5, 0.6) is 0 Å². The van der Waals surface area contributed by atoms with Crippen molar-refractivity contribution in [1.82, 2.24) is 9.80 Å². The first kappa shape index (κ1) is 40.9. The number of rotatable bonds is 0. The molecule has 0 aromatic rings. The molecule has 2 saturated heterocycles. The van der Waals surface area contributed by atoms with Gasteiger partial charge in [0.15, 0.2) is 0 Å². The van der Waals surface area contributed by atoms with E-state index in [-0.39, 0.29) is 0 Å². The number of piperidine rings is 1. The summed E-state index contributed by atoms with van der Waals surface area (Å²) >= 11 is 0. The van der Waals surface area contributed by atoms with Crippen LogP contribution in [0.15, 0.2) is 0 Å². The summed E-state index contributed by atoms with van der Waals surface area (Å²) in [5.74, 6) is 3.74. The number of likely N-dealkylation sites (tertiary alicyclic amines) is 2. The van der Waals surface area contributed by atoms with E-state index in [1.54, 1.807) is 0 Å². The highest BCUT2D eigenvalue weighted by molar-refractivity contribution is 4.87. The minimum Gasteiger partial charge on any atom is -0.298 e. The molecular formula is C41H84N2. The third-order valence-corrected chi connectivity index (χ3v) is 11.7. The van der Waals surface area contributed by atoms with Gasteiger partial charge in [0.1, 0.15) is 0 Å². The number of nitrogens with zero attached hydrogens (tertiary/aromatic N) is 2. The minimum absolute atomic E-state index is 0.354. The minimum atomic E-state index is 0.354. The van der Waals surface area contributed by atoms with Crippen molar-refractivity contribution >= 4 is 0 Å². The lowest BCUT2D eigenvalue weighted by atomic mass is 9.64. The van der Waals surface area contributed by atoms with Crippen LogP contribution in [-0.2, 0) is 0 Å². The third-order valence-electron chi connectivity index (χ3n) is 11.7. The molecule has 0 aromatic carbocycles. The fraction of sp³-hybridized carbons (Fsp3) is 1.00. The largest absolute Gasteiger partial charge is 0.298 e. The Bertz CT molecular complexity index is 641. The molecule has 2 heteroatoms. The Kier molecular flexibility index (Phi) is 14.9. The Hall–Kier alpha value is -0.0800. The fourth-order valence-electron chi connectivity index (χ4n) is 7.88. The molecule has 258 valence electrons. The van der Waals surface area contributed by atoms with Crippen LogP contribution in [0.25, 0.3) is 0 Å². The highest BCUT2D eigenvalue weighted by Crippen LogP contribution is 2.45. The predicted octanol–water partition coefficient (Wildman–Crippen LogP) is 12.4. The zero-order chi connectivity index (χ0) is 33.7. The quantitative estimate of drug-likeness (QED) is 0.271. The highest BCUT2D eigenvalue weighted by atomic mass is 15.2. The summed E-state index contributed by atoms with van der Waals surface area (Å²) in [6, 6.07) is 0. The summed E-state index contributed by atoms with van der Waals surface area (Å²) in [7, 11) is 0. The number of hydrogen-bond donors (Lipinski definition) is 0. The van der Waals surface area contributed by atoms with Crippen molar-refractivity contribution < 1.29 is 0 Å². The van der Waals surface area contributed by atoms with Crippen LogP contribution in [0.1, 0.15) is 182 Å². The van der Waals surface area contributed by atoms with E-state index in [0.29, 0.717) is 32.7 Å². The second-order valence-corrected chi connectivity index (χ2v) is 21.2. The van der Waals surface area contributed by atoms with E-state index in [9.17, 15) is 0 Å². The van der Waals surface area contributed by atoms with Crippen molar-refractivity contribution in [3.63, 3.8) is 0 Å². The first-order valence-electron chi connectivity index (χ1n) is 18.6. The highest BCUT2D eigenvalue weighted by Gasteiger charge is 2.35. The summed E-state index contributed by atoms with van der Waals surface area (Å²) in [4.78, 5) is 5.27. The summed E-state index contributed by atoms with van der Waals surface area (Å²) < 4.78 is 0. The van der Waals surface area contributed by atoms with Gasteiger partial charge >= 0.3 is 0 Å². The number of hydrogen-bond acceptors (Lipinski definition) is 2. The van der Waals surface area contributed by atoms with Crippen molar-refractivity contribution in [2.45, 2.75) is 193 Å². The zero-order valence-electron chi connectivity index (χ0n) is 33.4. The Morgan fingerprint density at radius 2 is 0.535 bits per heavy atom. The van der Waals surface area contributed by atoms with Crippen molar-refractivity contribution in [3.8, 4) is 0 Å². The molecule has 2 aliphatic heterocycles. The Morgan fingerprint density at radius 1 is 0.302 bits per heavy atom. The van der Waals surface area contributed by atoms with Crippen LogP contribution >= 0.6 is 0 Å². The van der Waals surface area contributed by atoms with Gasteiger partial charge in [0, 0.05) is 11.1 Å². The lowest BCUT2D eigenvalue weighted by Crippen LogP contribution is -2.47. The lowest BCUT2D eigenvalue weighted by molar-refractivity contribution is 0.0532. The van der Waals surface area contributed by atoms with E-state index < -0.39 is 0 Å². The molecule has 0 bridgehead atoms. The summed E-state index contributed by atoms with van der Waals surface area (Å²) in [6.45, 7) is 47.8. The lowest BCUT2D eigenvalue weighted by Gasteiger charge is -2.44. The van der Waals surface area contributed by atoms with E-state index >= 15 is 0 Å². The molecule has 43 heavy (non-hydrogen) atoms. The molecule has 3 aliphatic rings. The molecule has 3 fully saturated rings. The van der Waals surface area contributed by atoms with Crippen LogP contribution in [0.2, 0.25) is 0 Å². The van der Waals surface area contributed by atoms with Gasteiger partial charge in [0.2, 0.25) is 0 Å². The first-order chi connectivity index (χ1) is 19.1. The molecular weight excluding hydrogens is 520 g/mol. The van der Waals surface area contributed by atoms with E-state index in [2.05, 4.69) is 134 Å². The van der Waals surface area contributed by atoms with Gasteiger partial charge in [0.25, 0.3) is 0 Å². The average molecular weight is 605 g/mol. The van der Waals surface area contributed by atoms with Gasteiger partial charge in [-0.3, -0.25) is 9.80 Å². The third kappa shape index (κ3) is 14.9. The maximum atomic E-state index is 2.65. The summed E-state index contributed by atoms with van der Waals surface area (Å²) in [5, 5.41) is 0. The Balaban J connectivity index is 0.000000323. The zero-order valence-corrected chi connectivity index (χ0v) is 33.4. The maximum absolute atomic E-state index is 2.65. The molecule has 0 spiro atoms. The SMILES string of the molecule is CC(C)(C)C1CCC(C(C)(C)C)CC1.CC(C)(C)C1CCCN(C(C)(C)C)CC1.CC(C)(C)C1CCN(C(C)(C)C)CC1. The van der Waals surface area contributed by atoms with E-state index in [0.717, 1.165) is 23.7 Å². The van der Waals surface area contributed by atoms with E-state index in [1.165, 1.54) is 84.0 Å². The normalized spacial score (nSPS) is 26.5. The summed E-state index contributed by atoms with van der Waals surface area (Å²) in [6.07, 6.45) is 12.7. The monoisotopic (exact) mass is 605 g/mol. The molecule has 0 aromatic heterocycles. The van der Waals surface area contributed by atoms with Gasteiger partial charge in [-0.2, -0.15) is 0 Å². The second-order valence-electron chi connectivity index (χ2n) is 21.2. The standard InChI is InChI=1S/C14H29N.C14H28.C13H27N/c1-13(2,3)12-8-7-10-15(11-9-12)14(4,5)6;1-13(2,3)11-7-9-12(10-8-11)14(4,5)6;1-12(2,3)11-7-9-14(10-8-11)13(4,5)6/h12H,7-11H2,1-6H3;11-12H,7-10H2,1-6H3;11H,7-10H2,1-6H3. The molecule has 1 aliphatic carbocycles. The van der Waals surface area contributed by atoms with Crippen molar-refractivity contribution in [1.29, 1.82) is 0 Å². The topological polar surface area (TPSA) is 6.48 Å². The Morgan fingerprint density at radius 3 is 0.791 bits per heavy atom. The molecule has 0 N–H and O–H groups in total. The van der Waals surface area contributed by atoms with Gasteiger partial charge in [-0.1, -0.05) is 83.1 Å². The molecule has 1 atom stereocenters. The smallest absolute Gasteiger partial charge is 0.0125 e. The Labute approximate surface area is 274 Å². The molecule has 1 unspecified atom stereocenters. The molecule has 2 heterocycles. The predicted molar refractivity (Wildman–Crippen MR) is 196 cm³/mol. The van der Waals surface area contributed by atoms with Gasteiger partial charge in [0.05, 0.1) is 0 Å². The molecule has 2 nitrogen and oxygen atoms in total. The van der Waals surface area contributed by atoms with Crippen LogP contribution in [0, 0.1) is 45.3 Å². The summed E-state index contributed by atoms with van der Waals surface area (Å²) in [5.41, 5.74) is 2.78. The van der Waals surface area contributed by atoms with Gasteiger partial charge in [-0.15, -0.1) is 0 Å². The van der Waals surface area contributed by atoms with Crippen LogP contribution in [0.4, 0.5) is 0 Å². The second kappa shape index (κ2) is 15.7. The average Bonchev–Trinajstić information content (AvgIpc) is 3.10. The van der Waals surface area contributed by atoms with Crippen molar-refractivity contribution in [3.05, 3.63) is 0 Å². The van der Waals surface area contributed by atoms with E-state index in [4.69, 9.17) is 0 Å². The first-order valence-corrected chi connectivity index (χ1v) is 18.6. The van der Waals surface area contributed by atoms with Gasteiger partial charge < -0.3 is 0 Å².